The van der Waals surface area contributed by atoms with Crippen LogP contribution in [0.4, 0.5) is 5.69 Å². The monoisotopic (exact) mass is 345 g/mol. The predicted octanol–water partition coefficient (Wildman–Crippen LogP) is 2.88. The molecule has 0 aliphatic carbocycles. The van der Waals surface area contributed by atoms with Gasteiger partial charge in [-0.1, -0.05) is 29.8 Å². The average Bonchev–Trinajstić information content (AvgIpc) is 2.54. The molecule has 0 fully saturated rings. The second-order valence-corrected chi connectivity index (χ2v) is 8.55. The van der Waals surface area contributed by atoms with E-state index < -0.39 is 15.9 Å². The molecule has 3 rings (SSSR count). The molecule has 1 aliphatic heterocycles. The number of aliphatic hydroxyl groups is 1. The first-order valence-corrected chi connectivity index (χ1v) is 10.1. The van der Waals surface area contributed by atoms with Gasteiger partial charge in [-0.05, 0) is 49.1 Å². The molecule has 1 aliphatic rings. The van der Waals surface area contributed by atoms with Gasteiger partial charge in [0.15, 0.2) is 9.84 Å². The number of benzene rings is 2. The van der Waals surface area contributed by atoms with Crippen molar-refractivity contribution < 1.29 is 13.5 Å². The van der Waals surface area contributed by atoms with E-state index in [1.54, 1.807) is 24.3 Å². The lowest BCUT2D eigenvalue weighted by molar-refractivity contribution is 0.182. The molecule has 0 radical (unpaired) electrons. The van der Waals surface area contributed by atoms with Crippen LogP contribution in [0.3, 0.4) is 0 Å². The summed E-state index contributed by atoms with van der Waals surface area (Å²) in [6.07, 6.45) is 2.69. The molecule has 5 heteroatoms. The Morgan fingerprint density at radius 3 is 2.54 bits per heavy atom. The van der Waals surface area contributed by atoms with Crippen LogP contribution in [0.1, 0.15) is 29.2 Å². The highest BCUT2D eigenvalue weighted by atomic mass is 32.2. The van der Waals surface area contributed by atoms with E-state index in [4.69, 9.17) is 0 Å². The number of rotatable bonds is 4. The molecule has 1 atom stereocenters. The van der Waals surface area contributed by atoms with Crippen LogP contribution in [0.25, 0.3) is 0 Å². The van der Waals surface area contributed by atoms with Crippen molar-refractivity contribution in [1.29, 1.82) is 0 Å². The van der Waals surface area contributed by atoms with Gasteiger partial charge in [0.25, 0.3) is 0 Å². The number of nitrogens with zero attached hydrogens (tertiary/aromatic N) is 1. The van der Waals surface area contributed by atoms with Crippen LogP contribution in [0, 0.1) is 6.92 Å². The van der Waals surface area contributed by atoms with E-state index in [1.807, 2.05) is 0 Å². The predicted molar refractivity (Wildman–Crippen MR) is 96.2 cm³/mol. The summed E-state index contributed by atoms with van der Waals surface area (Å²) in [4.78, 5) is 2.49. The second-order valence-electron chi connectivity index (χ2n) is 6.54. The van der Waals surface area contributed by atoms with E-state index >= 15 is 0 Å². The van der Waals surface area contributed by atoms with Crippen LogP contribution in [0.5, 0.6) is 0 Å². The Bertz CT molecular complexity index is 828. The van der Waals surface area contributed by atoms with Crippen LogP contribution < -0.4 is 4.90 Å². The van der Waals surface area contributed by atoms with Gasteiger partial charge >= 0.3 is 0 Å². The van der Waals surface area contributed by atoms with Gasteiger partial charge in [-0.15, -0.1) is 0 Å². The Morgan fingerprint density at radius 2 is 1.88 bits per heavy atom. The molecule has 24 heavy (non-hydrogen) atoms. The van der Waals surface area contributed by atoms with E-state index in [0.29, 0.717) is 6.54 Å². The zero-order valence-corrected chi connectivity index (χ0v) is 14.9. The van der Waals surface area contributed by atoms with E-state index in [9.17, 15) is 13.5 Å². The highest BCUT2D eigenvalue weighted by molar-refractivity contribution is 7.90. The zero-order valence-electron chi connectivity index (χ0n) is 14.1. The summed E-state index contributed by atoms with van der Waals surface area (Å²) >= 11 is 0. The number of aryl methyl sites for hydroxylation is 2. The summed E-state index contributed by atoms with van der Waals surface area (Å²) in [5, 5.41) is 10.6. The SMILES string of the molecule is Cc1ccc2c(c1)CCCN2CC(O)c1ccc(S(C)(=O)=O)cc1. The van der Waals surface area contributed by atoms with Crippen molar-refractivity contribution in [3.8, 4) is 0 Å². The van der Waals surface area contributed by atoms with Gasteiger partial charge in [-0.2, -0.15) is 0 Å². The fourth-order valence-electron chi connectivity index (χ4n) is 3.24. The molecule has 128 valence electrons. The van der Waals surface area contributed by atoms with Crippen LogP contribution in [0.2, 0.25) is 0 Å². The van der Waals surface area contributed by atoms with Gasteiger partial charge in [0.1, 0.15) is 0 Å². The molecular weight excluding hydrogens is 322 g/mol. The number of anilines is 1. The lowest BCUT2D eigenvalue weighted by atomic mass is 9.98. The van der Waals surface area contributed by atoms with Crippen molar-refractivity contribution in [2.75, 3.05) is 24.2 Å². The Morgan fingerprint density at radius 1 is 1.17 bits per heavy atom. The lowest BCUT2D eigenvalue weighted by Gasteiger charge is -2.33. The summed E-state index contributed by atoms with van der Waals surface area (Å²) in [5.41, 5.74) is 4.52. The van der Waals surface area contributed by atoms with Gasteiger partial charge in [-0.3, -0.25) is 0 Å². The van der Waals surface area contributed by atoms with Gasteiger partial charge in [0, 0.05) is 25.0 Å². The number of fused-ring (bicyclic) bond motifs is 1. The Labute approximate surface area is 143 Å². The van der Waals surface area contributed by atoms with E-state index in [0.717, 1.165) is 24.9 Å². The lowest BCUT2D eigenvalue weighted by Crippen LogP contribution is -2.33. The fourth-order valence-corrected chi connectivity index (χ4v) is 3.88. The van der Waals surface area contributed by atoms with Crippen molar-refractivity contribution in [2.45, 2.75) is 30.8 Å². The quantitative estimate of drug-likeness (QED) is 0.926. The number of aliphatic hydroxyl groups excluding tert-OH is 1. The molecule has 0 amide bonds. The van der Waals surface area contributed by atoms with Gasteiger partial charge in [-0.25, -0.2) is 8.42 Å². The van der Waals surface area contributed by atoms with Gasteiger partial charge in [0.05, 0.1) is 11.0 Å². The van der Waals surface area contributed by atoms with Crippen LogP contribution in [0.15, 0.2) is 47.4 Å². The van der Waals surface area contributed by atoms with Crippen molar-refractivity contribution in [1.82, 2.24) is 0 Å². The first-order chi connectivity index (χ1) is 11.3. The topological polar surface area (TPSA) is 57.6 Å². The van der Waals surface area contributed by atoms with Crippen LogP contribution in [-0.4, -0.2) is 32.9 Å². The first-order valence-electron chi connectivity index (χ1n) is 8.17. The van der Waals surface area contributed by atoms with Crippen molar-refractivity contribution in [2.24, 2.45) is 0 Å². The molecule has 2 aromatic carbocycles. The highest BCUT2D eigenvalue weighted by Crippen LogP contribution is 2.29. The summed E-state index contributed by atoms with van der Waals surface area (Å²) in [6, 6.07) is 13.0. The molecule has 4 nitrogen and oxygen atoms in total. The maximum Gasteiger partial charge on any atom is 0.175 e. The Kier molecular flexibility index (Phi) is 4.65. The van der Waals surface area contributed by atoms with E-state index in [-0.39, 0.29) is 4.90 Å². The number of hydrogen-bond acceptors (Lipinski definition) is 4. The van der Waals surface area contributed by atoms with Crippen LogP contribution >= 0.6 is 0 Å². The molecule has 1 unspecified atom stereocenters. The highest BCUT2D eigenvalue weighted by Gasteiger charge is 2.20. The third-order valence-corrected chi connectivity index (χ3v) is 5.66. The van der Waals surface area contributed by atoms with Gasteiger partial charge < -0.3 is 10.0 Å². The summed E-state index contributed by atoms with van der Waals surface area (Å²) in [6.45, 7) is 3.53. The maximum atomic E-state index is 11.5. The molecule has 0 spiro atoms. The molecule has 1 heterocycles. The summed E-state index contributed by atoms with van der Waals surface area (Å²) in [5.74, 6) is 0. The average molecular weight is 345 g/mol. The van der Waals surface area contributed by atoms with Crippen molar-refractivity contribution in [3.05, 3.63) is 59.2 Å². The number of hydrogen-bond donors (Lipinski definition) is 1. The normalized spacial score (nSPS) is 15.9. The largest absolute Gasteiger partial charge is 0.387 e. The molecule has 0 saturated heterocycles. The number of sulfone groups is 1. The Balaban J connectivity index is 1.77. The molecule has 1 N–H and O–H groups in total. The minimum Gasteiger partial charge on any atom is -0.387 e. The van der Waals surface area contributed by atoms with Crippen molar-refractivity contribution >= 4 is 15.5 Å². The summed E-state index contributed by atoms with van der Waals surface area (Å²) in [7, 11) is -3.21. The molecule has 0 aromatic heterocycles. The minimum absolute atomic E-state index is 0.275. The zero-order chi connectivity index (χ0) is 17.3. The Hall–Kier alpha value is -1.85. The minimum atomic E-state index is -3.21. The van der Waals surface area contributed by atoms with Crippen molar-refractivity contribution in [3.63, 3.8) is 0 Å². The molecule has 0 bridgehead atoms. The standard InChI is InChI=1S/C19H23NO3S/c1-14-5-10-18-16(12-14)4-3-11-20(18)13-19(21)15-6-8-17(9-7-15)24(2,22)23/h5-10,12,19,21H,3-4,11,13H2,1-2H3. The third-order valence-electron chi connectivity index (χ3n) is 4.54. The molecule has 2 aromatic rings. The summed E-state index contributed by atoms with van der Waals surface area (Å²) < 4.78 is 23.0. The fraction of sp³-hybridized carbons (Fsp3) is 0.368. The first kappa shape index (κ1) is 17.0. The van der Waals surface area contributed by atoms with Gasteiger partial charge in [0.2, 0.25) is 0 Å². The smallest absolute Gasteiger partial charge is 0.175 e. The van der Waals surface area contributed by atoms with E-state index in [1.165, 1.54) is 23.1 Å². The number of β-amino-alcohol motifs (C(OH)–C–C–N with tert-alkyl or cyclic N) is 1. The third kappa shape index (κ3) is 3.62. The second kappa shape index (κ2) is 6.57. The maximum absolute atomic E-state index is 11.5. The molecule has 0 saturated carbocycles. The molecular formula is C19H23NO3S. The van der Waals surface area contributed by atoms with E-state index in [2.05, 4.69) is 30.0 Å². The van der Waals surface area contributed by atoms with Crippen LogP contribution in [-0.2, 0) is 16.3 Å².